The van der Waals surface area contributed by atoms with Crippen LogP contribution in [0.4, 0.5) is 14.5 Å². The van der Waals surface area contributed by atoms with E-state index in [9.17, 15) is 13.6 Å². The Bertz CT molecular complexity index is 1260. The quantitative estimate of drug-likeness (QED) is 0.504. The molecule has 1 N–H and O–H groups in total. The Balaban J connectivity index is 1.40. The average Bonchev–Trinajstić information content (AvgIpc) is 3.49. The van der Waals surface area contributed by atoms with Crippen LogP contribution in [0.5, 0.6) is 11.5 Å². The van der Waals surface area contributed by atoms with Crippen molar-refractivity contribution < 1.29 is 27.8 Å². The Hall–Kier alpha value is -3.62. The van der Waals surface area contributed by atoms with Gasteiger partial charge in [-0.2, -0.15) is 13.9 Å². The Kier molecular flexibility index (Phi) is 5.63. The standard InChI is InChI=1S/C25H25F2N3O4/c1-13-23(14(2)30(29-13)25(26)27)19-6-4-5-18-20(12-34-24(18)19)28-16-7-8-17-15(9-22(31)32-3)11-33-21(17)10-16/h4-8,10,15,20,25,28H,9,11-12H2,1-3H3/t15-,20?/m1/s1. The summed E-state index contributed by atoms with van der Waals surface area (Å²) in [4.78, 5) is 11.7. The minimum atomic E-state index is -2.70. The first kappa shape index (κ1) is 22.2. The minimum Gasteiger partial charge on any atom is -0.493 e. The van der Waals surface area contributed by atoms with Crippen molar-refractivity contribution in [3.63, 3.8) is 0 Å². The number of nitrogens with one attached hydrogen (secondary N) is 1. The van der Waals surface area contributed by atoms with Gasteiger partial charge in [-0.05, 0) is 19.9 Å². The van der Waals surface area contributed by atoms with E-state index >= 15 is 0 Å². The number of rotatable bonds is 6. The number of para-hydroxylation sites is 1. The maximum Gasteiger partial charge on any atom is 0.333 e. The van der Waals surface area contributed by atoms with Gasteiger partial charge in [-0.15, -0.1) is 0 Å². The maximum atomic E-state index is 13.3. The number of esters is 1. The zero-order chi connectivity index (χ0) is 24.0. The molecule has 0 bridgehead atoms. The molecule has 1 aromatic heterocycles. The normalized spacial score (nSPS) is 18.3. The first-order valence-electron chi connectivity index (χ1n) is 11.1. The number of halogens is 2. The van der Waals surface area contributed by atoms with Gasteiger partial charge < -0.3 is 19.5 Å². The van der Waals surface area contributed by atoms with Gasteiger partial charge in [0.05, 0.1) is 31.9 Å². The predicted octanol–water partition coefficient (Wildman–Crippen LogP) is 5.15. The topological polar surface area (TPSA) is 74.6 Å². The van der Waals surface area contributed by atoms with E-state index in [0.717, 1.165) is 32.8 Å². The number of hydrogen-bond donors (Lipinski definition) is 1. The third-order valence-electron chi connectivity index (χ3n) is 6.47. The summed E-state index contributed by atoms with van der Waals surface area (Å²) >= 11 is 0. The number of aromatic nitrogens is 2. The lowest BCUT2D eigenvalue weighted by Gasteiger charge is -2.15. The molecule has 178 valence electrons. The van der Waals surface area contributed by atoms with Gasteiger partial charge in [-0.25, -0.2) is 4.68 Å². The van der Waals surface area contributed by atoms with E-state index in [1.165, 1.54) is 7.11 Å². The van der Waals surface area contributed by atoms with Gasteiger partial charge in [0.2, 0.25) is 0 Å². The van der Waals surface area contributed by atoms with E-state index < -0.39 is 6.55 Å². The predicted molar refractivity (Wildman–Crippen MR) is 122 cm³/mol. The molecule has 3 heterocycles. The number of fused-ring (bicyclic) bond motifs is 2. The number of hydrogen-bond acceptors (Lipinski definition) is 6. The number of carbonyl (C=O) groups is 1. The van der Waals surface area contributed by atoms with Crippen LogP contribution in [0.25, 0.3) is 11.1 Å². The summed E-state index contributed by atoms with van der Waals surface area (Å²) in [5, 5.41) is 7.50. The summed E-state index contributed by atoms with van der Waals surface area (Å²) in [6.07, 6.45) is 0.282. The fourth-order valence-corrected chi connectivity index (χ4v) is 4.83. The zero-order valence-electron chi connectivity index (χ0n) is 19.1. The second-order valence-electron chi connectivity index (χ2n) is 8.54. The lowest BCUT2D eigenvalue weighted by atomic mass is 9.97. The second-order valence-corrected chi connectivity index (χ2v) is 8.54. The van der Waals surface area contributed by atoms with Gasteiger partial charge in [0, 0.05) is 45.6 Å². The minimum absolute atomic E-state index is 0.0183. The van der Waals surface area contributed by atoms with Gasteiger partial charge in [0.25, 0.3) is 0 Å². The van der Waals surface area contributed by atoms with Crippen molar-refractivity contribution in [3.8, 4) is 22.6 Å². The molecule has 5 rings (SSSR count). The monoisotopic (exact) mass is 469 g/mol. The number of nitrogens with zero attached hydrogens (tertiary/aromatic N) is 2. The molecule has 1 unspecified atom stereocenters. The van der Waals surface area contributed by atoms with Crippen molar-refractivity contribution in [2.45, 2.75) is 38.8 Å². The van der Waals surface area contributed by atoms with E-state index in [4.69, 9.17) is 14.2 Å². The molecule has 3 aromatic rings. The summed E-state index contributed by atoms with van der Waals surface area (Å²) in [6.45, 7) is 1.51. The highest BCUT2D eigenvalue weighted by molar-refractivity contribution is 5.77. The summed E-state index contributed by atoms with van der Waals surface area (Å²) in [5.41, 5.74) is 5.16. The molecule has 9 heteroatoms. The van der Waals surface area contributed by atoms with Crippen molar-refractivity contribution in [2.24, 2.45) is 0 Å². The Morgan fingerprint density at radius 1 is 1.21 bits per heavy atom. The molecule has 0 saturated heterocycles. The third-order valence-corrected chi connectivity index (χ3v) is 6.47. The van der Waals surface area contributed by atoms with E-state index in [2.05, 4.69) is 10.4 Å². The van der Waals surface area contributed by atoms with Crippen molar-refractivity contribution in [1.29, 1.82) is 0 Å². The highest BCUT2D eigenvalue weighted by Crippen LogP contribution is 2.45. The van der Waals surface area contributed by atoms with Crippen LogP contribution < -0.4 is 14.8 Å². The summed E-state index contributed by atoms with van der Waals surface area (Å²) in [7, 11) is 1.38. The largest absolute Gasteiger partial charge is 0.493 e. The molecule has 0 amide bonds. The third kappa shape index (κ3) is 3.74. The average molecular weight is 469 g/mol. The number of aryl methyl sites for hydroxylation is 1. The summed E-state index contributed by atoms with van der Waals surface area (Å²) in [6, 6.07) is 11.5. The van der Waals surface area contributed by atoms with Crippen LogP contribution in [0, 0.1) is 13.8 Å². The molecule has 0 radical (unpaired) electrons. The van der Waals surface area contributed by atoms with E-state index in [1.807, 2.05) is 36.4 Å². The fraction of sp³-hybridized carbons (Fsp3) is 0.360. The van der Waals surface area contributed by atoms with E-state index in [-0.39, 0.29) is 24.3 Å². The van der Waals surface area contributed by atoms with Crippen LogP contribution in [-0.4, -0.2) is 36.1 Å². The van der Waals surface area contributed by atoms with Crippen LogP contribution in [0.1, 0.15) is 47.4 Å². The Morgan fingerprint density at radius 3 is 2.76 bits per heavy atom. The first-order valence-corrected chi connectivity index (χ1v) is 11.1. The molecule has 2 atom stereocenters. The molecule has 2 aliphatic heterocycles. The summed E-state index contributed by atoms with van der Waals surface area (Å²) < 4.78 is 44.1. The van der Waals surface area contributed by atoms with Gasteiger partial charge in [-0.3, -0.25) is 4.79 Å². The lowest BCUT2D eigenvalue weighted by Crippen LogP contribution is -2.12. The number of ether oxygens (including phenoxy) is 3. The number of anilines is 1. The van der Waals surface area contributed by atoms with Gasteiger partial charge >= 0.3 is 12.5 Å². The number of methoxy groups -OCH3 is 1. The molecule has 0 saturated carbocycles. The SMILES string of the molecule is COC(=O)C[C@@H]1COc2cc(NC3COc4c(-c5c(C)nn(C(F)F)c5C)cccc43)ccc21. The van der Waals surface area contributed by atoms with Gasteiger partial charge in [0.15, 0.2) is 0 Å². The number of alkyl halides is 2. The zero-order valence-corrected chi connectivity index (χ0v) is 19.1. The fourth-order valence-electron chi connectivity index (χ4n) is 4.83. The van der Waals surface area contributed by atoms with Crippen LogP contribution in [0.15, 0.2) is 36.4 Å². The molecule has 0 fully saturated rings. The number of carbonyl (C=O) groups excluding carboxylic acids is 1. The second kappa shape index (κ2) is 8.62. The lowest BCUT2D eigenvalue weighted by molar-refractivity contribution is -0.141. The van der Waals surface area contributed by atoms with Gasteiger partial charge in [0.1, 0.15) is 18.1 Å². The van der Waals surface area contributed by atoms with E-state index in [0.29, 0.717) is 35.9 Å². The van der Waals surface area contributed by atoms with E-state index in [1.54, 1.807) is 13.8 Å². The Morgan fingerprint density at radius 2 is 2.03 bits per heavy atom. The molecule has 2 aliphatic rings. The Labute approximate surface area is 195 Å². The maximum absolute atomic E-state index is 13.3. The van der Waals surface area contributed by atoms with Crippen LogP contribution in [0.2, 0.25) is 0 Å². The van der Waals surface area contributed by atoms with Crippen LogP contribution in [0.3, 0.4) is 0 Å². The molecule has 0 aliphatic carbocycles. The molecule has 2 aromatic carbocycles. The van der Waals surface area contributed by atoms with Crippen LogP contribution in [-0.2, 0) is 9.53 Å². The van der Waals surface area contributed by atoms with Crippen LogP contribution >= 0.6 is 0 Å². The number of benzene rings is 2. The first-order chi connectivity index (χ1) is 16.4. The molecule has 34 heavy (non-hydrogen) atoms. The van der Waals surface area contributed by atoms with Crippen molar-refractivity contribution in [2.75, 3.05) is 25.6 Å². The molecular formula is C25H25F2N3O4. The smallest absolute Gasteiger partial charge is 0.333 e. The van der Waals surface area contributed by atoms with Crippen molar-refractivity contribution >= 4 is 11.7 Å². The van der Waals surface area contributed by atoms with Crippen molar-refractivity contribution in [1.82, 2.24) is 9.78 Å². The molecule has 7 nitrogen and oxygen atoms in total. The van der Waals surface area contributed by atoms with Gasteiger partial charge in [-0.1, -0.05) is 24.3 Å². The van der Waals surface area contributed by atoms with Crippen molar-refractivity contribution in [3.05, 3.63) is 58.9 Å². The summed E-state index contributed by atoms with van der Waals surface area (Å²) in [5.74, 6) is 1.15. The molecular weight excluding hydrogens is 444 g/mol. The molecule has 0 spiro atoms. The highest BCUT2D eigenvalue weighted by atomic mass is 19.3. The highest BCUT2D eigenvalue weighted by Gasteiger charge is 2.31.